The van der Waals surface area contributed by atoms with E-state index >= 15 is 0 Å². The molecule has 112 heavy (non-hydrogen) atoms. The maximum atomic E-state index is 13.1. The van der Waals surface area contributed by atoms with E-state index in [1.807, 2.05) is 0 Å². The number of urea groups is 1. The molecule has 564 valence electrons. The molecule has 0 aliphatic rings. The Morgan fingerprint density at radius 2 is 0.616 bits per heavy atom. The van der Waals surface area contributed by atoms with Crippen molar-refractivity contribution in [2.24, 2.45) is 0 Å². The number of hydrogen-bond acceptors (Lipinski definition) is 17. The van der Waals surface area contributed by atoms with E-state index in [0.717, 1.165) is 51.4 Å². The van der Waals surface area contributed by atoms with Gasteiger partial charge in [-0.2, -0.15) is 0 Å². The van der Waals surface area contributed by atoms with Crippen molar-refractivity contribution >= 4 is 57.0 Å². The summed E-state index contributed by atoms with van der Waals surface area (Å²) in [5, 5.41) is 9.61. The average Bonchev–Trinajstić information content (AvgIpc) is 0.900. The van der Waals surface area contributed by atoms with Crippen molar-refractivity contribution in [1.82, 2.24) is 21.3 Å². The number of amides is 4. The van der Waals surface area contributed by atoms with Crippen LogP contribution in [0.5, 0.6) is 0 Å². The van der Waals surface area contributed by atoms with Crippen LogP contribution in [0.4, 0.5) is 4.79 Å². The minimum Gasteiger partial charge on any atom is -0.453 e. The molecule has 4 amide bonds. The molecule has 0 bridgehead atoms. The minimum absolute atomic E-state index is 0.0718. The highest BCUT2D eigenvalue weighted by Gasteiger charge is 2.27. The van der Waals surface area contributed by atoms with Gasteiger partial charge in [0.25, 0.3) is 0 Å². The number of hydrogen-bond donors (Lipinski definition) is 6. The van der Waals surface area contributed by atoms with E-state index in [-0.39, 0.29) is 39.3 Å². The molecule has 0 aromatic heterocycles. The van der Waals surface area contributed by atoms with Crippen molar-refractivity contribution < 1.29 is 89.5 Å². The van der Waals surface area contributed by atoms with E-state index in [9.17, 15) is 52.5 Å². The molecule has 23 nitrogen and oxygen atoms in total. The van der Waals surface area contributed by atoms with Gasteiger partial charge >= 0.3 is 33.6 Å². The van der Waals surface area contributed by atoms with Crippen molar-refractivity contribution in [3.05, 3.63) is 0 Å². The quantitative estimate of drug-likeness (QED) is 0.00968. The minimum atomic E-state index is -4.96. The number of ketones is 2. The van der Waals surface area contributed by atoms with Gasteiger partial charge < -0.3 is 50.0 Å². The van der Waals surface area contributed by atoms with E-state index in [0.29, 0.717) is 25.7 Å². The van der Waals surface area contributed by atoms with E-state index in [2.05, 4.69) is 296 Å². The zero-order chi connectivity index (χ0) is 82.3. The summed E-state index contributed by atoms with van der Waals surface area (Å²) in [5.41, 5.74) is 0. The lowest BCUT2D eigenvalue weighted by Crippen LogP contribution is -2.42. The molecule has 0 aromatic rings. The molecule has 2 unspecified atom stereocenters. The summed E-state index contributed by atoms with van der Waals surface area (Å²) in [7, 11) is -9.92. The Balaban J connectivity index is 6.12. The number of phosphoric ester groups is 2. The molecule has 6 atom stereocenters. The van der Waals surface area contributed by atoms with Gasteiger partial charge in [-0.05, 0) is 274 Å². The lowest BCUT2D eigenvalue weighted by Gasteiger charge is -2.21. The van der Waals surface area contributed by atoms with Gasteiger partial charge in [-0.3, -0.25) is 37.3 Å². The summed E-state index contributed by atoms with van der Waals surface area (Å²) in [6.07, 6.45) is 27.4. The lowest BCUT2D eigenvalue weighted by molar-refractivity contribution is -0.144. The van der Waals surface area contributed by atoms with Crippen molar-refractivity contribution in [3.63, 3.8) is 0 Å². The summed E-state index contributed by atoms with van der Waals surface area (Å²) in [4.78, 5) is 111. The predicted octanol–water partition coefficient (Wildman–Crippen LogP) is 3.40. The van der Waals surface area contributed by atoms with Crippen molar-refractivity contribution in [2.45, 2.75) is 141 Å². The van der Waals surface area contributed by atoms with Gasteiger partial charge in [0.2, 0.25) is 23.4 Å². The van der Waals surface area contributed by atoms with Gasteiger partial charge in [0.1, 0.15) is 12.2 Å². The number of terminal acetylenes is 4. The molecule has 0 saturated heterocycles. The Labute approximate surface area is 657 Å². The third-order valence-corrected chi connectivity index (χ3v) is 14.1. The van der Waals surface area contributed by atoms with Gasteiger partial charge in [0.15, 0.2) is 0 Å². The van der Waals surface area contributed by atoms with E-state index < -0.39 is 134 Å². The molecular formula is C87H72N4O19P2. The first-order valence-corrected chi connectivity index (χ1v) is 36.6. The molecule has 0 fully saturated rings. The van der Waals surface area contributed by atoms with Crippen molar-refractivity contribution in [1.29, 1.82) is 0 Å². The molecule has 0 spiro atoms. The average molecular weight is 1540 g/mol. The van der Waals surface area contributed by atoms with Crippen LogP contribution >= 0.6 is 15.6 Å². The maximum Gasteiger partial charge on any atom is 0.472 e. The zero-order valence-corrected chi connectivity index (χ0v) is 63.0. The van der Waals surface area contributed by atoms with Crippen LogP contribution in [0.15, 0.2) is 0 Å². The Kier molecular flexibility index (Phi) is 61.4. The zero-order valence-electron chi connectivity index (χ0n) is 61.2. The third-order valence-electron chi connectivity index (χ3n) is 12.2. The number of ether oxygens (including phenoxy) is 4. The monoisotopic (exact) mass is 1540 g/mol. The highest BCUT2D eigenvalue weighted by atomic mass is 31.2. The Morgan fingerprint density at radius 1 is 0.339 bits per heavy atom. The van der Waals surface area contributed by atoms with E-state index in [1.54, 1.807) is 0 Å². The van der Waals surface area contributed by atoms with Crippen molar-refractivity contribution in [3.8, 4) is 286 Å². The Hall–Kier alpha value is -13.9. The fraction of sp³-hybridized carbons (Fsp3) is 0.368. The van der Waals surface area contributed by atoms with Crippen LogP contribution in [0.2, 0.25) is 0 Å². The number of Topliss-reactive ketones (excluding diaryl/α,β-unsaturated/α-hetero) is 2. The van der Waals surface area contributed by atoms with Crippen LogP contribution in [-0.4, -0.2) is 141 Å². The fourth-order valence-corrected chi connectivity index (χ4v) is 8.99. The standard InChI is InChI=1S/C87H72N4O19P2/c1-7-13-19-25-29-33-37-41-47-51-57-79(92)71-83(94)90-77(73-103-67-63-81(59-53-45-23-17-11-5)109-85(96)61-55-49-43-39-35-31-27-21-15-9-3)75-107-111(99,100)105-69-65-88-87(98)89-66-70-106-112(101,102)108-76-78(91-84(95)72-80(93)58-52-48-42-38-34-30-26-20-14-8-2)74-104-68-64-82(60-54-46-24-18-12-6)110-86(97)62-56-50-44-40-36-32-28-22-16-10-4/h1-4,77-78,81-82H,11-12,17-18,23-24,45-46,53-54,59-60,63-76H2,5-6H3,(H,90,94)(H,91,95)(H,99,100)(H,101,102)(H2,88,89,98)/t77-,78-,81-,82-/m1/s1. The van der Waals surface area contributed by atoms with Gasteiger partial charge in [-0.15, -0.1) is 25.7 Å². The summed E-state index contributed by atoms with van der Waals surface area (Å²) >= 11 is 0. The molecule has 0 aliphatic carbocycles. The summed E-state index contributed by atoms with van der Waals surface area (Å²) in [6, 6.07) is -3.32. The van der Waals surface area contributed by atoms with Crippen LogP contribution < -0.4 is 21.3 Å². The van der Waals surface area contributed by atoms with Crippen LogP contribution in [0.1, 0.15) is 117 Å². The van der Waals surface area contributed by atoms with Gasteiger partial charge in [0, 0.05) is 37.8 Å². The number of nitrogens with one attached hydrogen (secondary N) is 4. The smallest absolute Gasteiger partial charge is 0.453 e. The molecule has 0 rings (SSSR count). The normalized spacial score (nSPS) is 10.5. The molecule has 0 aromatic carbocycles. The predicted molar refractivity (Wildman–Crippen MR) is 416 cm³/mol. The maximum absolute atomic E-state index is 13.1. The van der Waals surface area contributed by atoms with Crippen LogP contribution in [0.3, 0.4) is 0 Å². The van der Waals surface area contributed by atoms with E-state index in [4.69, 9.17) is 62.7 Å². The number of phosphoric acid groups is 2. The second-order valence-corrected chi connectivity index (χ2v) is 23.8. The van der Waals surface area contributed by atoms with E-state index in [1.165, 1.54) is 0 Å². The number of unbranched alkanes of at least 4 members (excludes halogenated alkanes) is 8. The highest BCUT2D eigenvalue weighted by Crippen LogP contribution is 2.43. The fourth-order valence-electron chi connectivity index (χ4n) is 7.46. The van der Waals surface area contributed by atoms with Gasteiger partial charge in [0.05, 0.1) is 77.8 Å². The number of carbonyl (C=O) groups excluding carboxylic acids is 7. The second-order valence-electron chi connectivity index (χ2n) is 20.9. The molecule has 0 aliphatic heterocycles. The number of carbonyl (C=O) groups is 7. The number of esters is 2. The Morgan fingerprint density at radius 3 is 0.911 bits per heavy atom. The topological polar surface area (TPSA) is 316 Å². The van der Waals surface area contributed by atoms with Crippen molar-refractivity contribution in [2.75, 3.05) is 65.9 Å². The first kappa shape index (κ1) is 98.1. The second kappa shape index (κ2) is 70.1. The molecule has 0 saturated carbocycles. The van der Waals surface area contributed by atoms with Gasteiger partial charge in [-0.25, -0.2) is 23.5 Å². The van der Waals surface area contributed by atoms with Crippen LogP contribution in [-0.2, 0) is 74.9 Å². The Bertz CT molecular complexity index is 4680. The van der Waals surface area contributed by atoms with Crippen LogP contribution in [0.25, 0.3) is 0 Å². The van der Waals surface area contributed by atoms with Crippen LogP contribution in [0, 0.1) is 286 Å². The summed E-state index contributed by atoms with van der Waals surface area (Å²) in [5.74, 6) is 97.3. The summed E-state index contributed by atoms with van der Waals surface area (Å²) < 4.78 is 69.3. The SMILES string of the molecule is C#CC#CC#CC#CC#CC#CC(=O)CC(=O)N[C@H](COCC[C@@H](CCCCCCC)OC(=O)C#CC#CC#CC#CC#CC#C)COP(=O)(O)OCCNC(=O)NCCOP(=O)(O)OC[C@@H](COCC[C@@H](CCCCCCC)OC(=O)C#CC#CC#CC#CC#CC#C)NC(=O)CC(=O)C#CC#CC#CC#CC#CC#C. The molecule has 6 N–H and O–H groups in total. The first-order valence-electron chi connectivity index (χ1n) is 33.6. The molecule has 0 radical (unpaired) electrons. The molecule has 25 heteroatoms. The number of rotatable bonds is 44. The molecular weight excluding hydrogens is 1470 g/mol. The lowest BCUT2D eigenvalue weighted by atomic mass is 10.1. The largest absolute Gasteiger partial charge is 0.472 e. The summed E-state index contributed by atoms with van der Waals surface area (Å²) in [6.45, 7) is -0.286. The third kappa shape index (κ3) is 66.7. The highest BCUT2D eigenvalue weighted by molar-refractivity contribution is 7.47. The van der Waals surface area contributed by atoms with Gasteiger partial charge in [-0.1, -0.05) is 65.2 Å². The first-order chi connectivity index (χ1) is 54.3. The molecule has 0 heterocycles.